The second-order valence-electron chi connectivity index (χ2n) is 4.98. The van der Waals surface area contributed by atoms with Crippen molar-refractivity contribution in [3.05, 3.63) is 35.5 Å². The lowest BCUT2D eigenvalue weighted by Gasteiger charge is -2.20. The number of nitrogens with zero attached hydrogens (tertiary/aromatic N) is 2. The maximum atomic E-state index is 12.4. The Morgan fingerprint density at radius 1 is 1.35 bits per heavy atom. The molecule has 0 aliphatic rings. The highest BCUT2D eigenvalue weighted by atomic mass is 16.2. The Balaban J connectivity index is 2.54. The molecular formula is C14H19N5O. The fourth-order valence-corrected chi connectivity index (χ4v) is 1.99. The fraction of sp³-hybridized carbons (Fsp3) is 0.286. The van der Waals surface area contributed by atoms with E-state index in [1.165, 1.54) is 0 Å². The third kappa shape index (κ3) is 2.37. The number of carbonyl (C=O) groups is 1. The number of carbonyl (C=O) groups excluding carboxylic acids is 1. The van der Waals surface area contributed by atoms with Crippen molar-refractivity contribution in [3.63, 3.8) is 0 Å². The van der Waals surface area contributed by atoms with Gasteiger partial charge in [-0.25, -0.2) is 5.84 Å². The molecule has 1 heterocycles. The molecule has 1 aromatic carbocycles. The number of hydrogen-bond acceptors (Lipinski definition) is 4. The third-order valence-electron chi connectivity index (χ3n) is 3.20. The SMILES string of the molecule is Cc1ccccc1-c1c(C(=O)N(N)C(C)C)n[nH]c1N. The molecule has 0 saturated heterocycles. The van der Waals surface area contributed by atoms with Gasteiger partial charge in [0.2, 0.25) is 0 Å². The summed E-state index contributed by atoms with van der Waals surface area (Å²) >= 11 is 0. The Bertz CT molecular complexity index is 632. The van der Waals surface area contributed by atoms with Gasteiger partial charge in [-0.1, -0.05) is 24.3 Å². The van der Waals surface area contributed by atoms with Gasteiger partial charge in [0.15, 0.2) is 5.69 Å². The van der Waals surface area contributed by atoms with Gasteiger partial charge in [-0.2, -0.15) is 5.10 Å². The normalized spacial score (nSPS) is 10.8. The van der Waals surface area contributed by atoms with E-state index in [0.29, 0.717) is 11.4 Å². The Labute approximate surface area is 117 Å². The summed E-state index contributed by atoms with van der Waals surface area (Å²) in [7, 11) is 0. The van der Waals surface area contributed by atoms with Gasteiger partial charge in [0, 0.05) is 6.04 Å². The molecule has 0 unspecified atom stereocenters. The summed E-state index contributed by atoms with van der Waals surface area (Å²) in [6, 6.07) is 7.57. The maximum absolute atomic E-state index is 12.4. The number of benzene rings is 1. The van der Waals surface area contributed by atoms with Crippen molar-refractivity contribution in [3.8, 4) is 11.1 Å². The summed E-state index contributed by atoms with van der Waals surface area (Å²) in [4.78, 5) is 12.4. The van der Waals surface area contributed by atoms with Crippen molar-refractivity contribution in [1.29, 1.82) is 0 Å². The minimum absolute atomic E-state index is 0.120. The summed E-state index contributed by atoms with van der Waals surface area (Å²) < 4.78 is 0. The highest BCUT2D eigenvalue weighted by Crippen LogP contribution is 2.31. The number of amides is 1. The van der Waals surface area contributed by atoms with Crippen molar-refractivity contribution in [1.82, 2.24) is 15.2 Å². The largest absolute Gasteiger partial charge is 0.384 e. The van der Waals surface area contributed by atoms with Gasteiger partial charge < -0.3 is 5.73 Å². The molecule has 5 N–H and O–H groups in total. The number of aromatic nitrogens is 2. The number of aromatic amines is 1. The van der Waals surface area contributed by atoms with E-state index in [-0.39, 0.29) is 17.6 Å². The molecule has 106 valence electrons. The first kappa shape index (κ1) is 14.1. The molecule has 0 aliphatic carbocycles. The topological polar surface area (TPSA) is 101 Å². The Morgan fingerprint density at radius 3 is 2.60 bits per heavy atom. The van der Waals surface area contributed by atoms with Crippen LogP contribution in [-0.2, 0) is 0 Å². The smallest absolute Gasteiger partial charge is 0.289 e. The Hall–Kier alpha value is -2.34. The summed E-state index contributed by atoms with van der Waals surface area (Å²) in [6.07, 6.45) is 0. The first-order chi connectivity index (χ1) is 9.43. The molecule has 0 atom stereocenters. The van der Waals surface area contributed by atoms with Crippen LogP contribution in [0.2, 0.25) is 0 Å². The van der Waals surface area contributed by atoms with Crippen LogP contribution in [0.15, 0.2) is 24.3 Å². The van der Waals surface area contributed by atoms with Gasteiger partial charge in [-0.05, 0) is 31.9 Å². The van der Waals surface area contributed by atoms with Crippen LogP contribution in [0.25, 0.3) is 11.1 Å². The van der Waals surface area contributed by atoms with Crippen LogP contribution in [0.5, 0.6) is 0 Å². The molecule has 6 nitrogen and oxygen atoms in total. The molecule has 1 amide bonds. The number of anilines is 1. The highest BCUT2D eigenvalue weighted by molar-refractivity contribution is 6.01. The van der Waals surface area contributed by atoms with Gasteiger partial charge in [0.1, 0.15) is 5.82 Å². The number of rotatable bonds is 3. The summed E-state index contributed by atoms with van der Waals surface area (Å²) in [5.74, 6) is 5.78. The fourth-order valence-electron chi connectivity index (χ4n) is 1.99. The first-order valence-corrected chi connectivity index (χ1v) is 6.41. The van der Waals surface area contributed by atoms with E-state index in [1.807, 2.05) is 45.0 Å². The van der Waals surface area contributed by atoms with Crippen LogP contribution in [0.3, 0.4) is 0 Å². The van der Waals surface area contributed by atoms with E-state index in [4.69, 9.17) is 11.6 Å². The zero-order valence-electron chi connectivity index (χ0n) is 11.8. The maximum Gasteiger partial charge on any atom is 0.289 e. The minimum Gasteiger partial charge on any atom is -0.384 e. The number of nitrogens with two attached hydrogens (primary N) is 2. The quantitative estimate of drug-likeness (QED) is 0.450. The molecule has 2 rings (SSSR count). The summed E-state index contributed by atoms with van der Waals surface area (Å²) in [6.45, 7) is 5.63. The average Bonchev–Trinajstić information content (AvgIpc) is 2.79. The van der Waals surface area contributed by atoms with Crippen molar-refractivity contribution in [2.24, 2.45) is 5.84 Å². The standard InChI is InChI=1S/C14H19N5O/c1-8(2)19(16)14(20)12-11(13(15)18-17-12)10-7-5-4-6-9(10)3/h4-8H,16H2,1-3H3,(H3,15,17,18). The van der Waals surface area contributed by atoms with Crippen LogP contribution in [0.4, 0.5) is 5.82 Å². The van der Waals surface area contributed by atoms with Crippen molar-refractivity contribution >= 4 is 11.7 Å². The van der Waals surface area contributed by atoms with Crippen LogP contribution in [0.1, 0.15) is 29.9 Å². The molecule has 0 bridgehead atoms. The van der Waals surface area contributed by atoms with Crippen molar-refractivity contribution < 1.29 is 4.79 Å². The van der Waals surface area contributed by atoms with Crippen molar-refractivity contribution in [2.75, 3.05) is 5.73 Å². The van der Waals surface area contributed by atoms with E-state index in [0.717, 1.165) is 16.1 Å². The molecule has 0 saturated carbocycles. The van der Waals surface area contributed by atoms with Gasteiger partial charge in [0.25, 0.3) is 5.91 Å². The number of hydrazine groups is 1. The lowest BCUT2D eigenvalue weighted by Crippen LogP contribution is -2.43. The first-order valence-electron chi connectivity index (χ1n) is 6.41. The summed E-state index contributed by atoms with van der Waals surface area (Å²) in [5, 5.41) is 7.83. The minimum atomic E-state index is -0.355. The second-order valence-corrected chi connectivity index (χ2v) is 4.98. The number of aryl methyl sites for hydroxylation is 1. The monoisotopic (exact) mass is 273 g/mol. The molecule has 0 aliphatic heterocycles. The molecular weight excluding hydrogens is 254 g/mol. The van der Waals surface area contributed by atoms with Gasteiger partial charge in [0.05, 0.1) is 5.56 Å². The van der Waals surface area contributed by atoms with Crippen LogP contribution in [-0.4, -0.2) is 27.2 Å². The van der Waals surface area contributed by atoms with Crippen LogP contribution in [0, 0.1) is 6.92 Å². The lowest BCUT2D eigenvalue weighted by molar-refractivity contribution is 0.0700. The Morgan fingerprint density at radius 2 is 2.00 bits per heavy atom. The van der Waals surface area contributed by atoms with E-state index in [2.05, 4.69) is 10.2 Å². The van der Waals surface area contributed by atoms with Crippen LogP contribution >= 0.6 is 0 Å². The summed E-state index contributed by atoms with van der Waals surface area (Å²) in [5.41, 5.74) is 8.66. The van der Waals surface area contributed by atoms with E-state index in [9.17, 15) is 4.79 Å². The highest BCUT2D eigenvalue weighted by Gasteiger charge is 2.25. The van der Waals surface area contributed by atoms with Gasteiger partial charge in [-0.15, -0.1) is 0 Å². The number of nitrogens with one attached hydrogen (secondary N) is 1. The predicted octanol–water partition coefficient (Wildman–Crippen LogP) is 1.69. The number of hydrogen-bond donors (Lipinski definition) is 3. The van der Waals surface area contributed by atoms with Gasteiger partial charge in [-0.3, -0.25) is 14.9 Å². The molecule has 1 aromatic heterocycles. The zero-order valence-corrected chi connectivity index (χ0v) is 11.8. The second kappa shape index (κ2) is 5.34. The number of nitrogen functional groups attached to an aromatic ring is 1. The van der Waals surface area contributed by atoms with E-state index < -0.39 is 0 Å². The molecule has 0 fully saturated rings. The zero-order chi connectivity index (χ0) is 14.9. The van der Waals surface area contributed by atoms with Gasteiger partial charge >= 0.3 is 0 Å². The molecule has 0 radical (unpaired) electrons. The third-order valence-corrected chi connectivity index (χ3v) is 3.20. The molecule has 0 spiro atoms. The average molecular weight is 273 g/mol. The Kier molecular flexibility index (Phi) is 3.76. The van der Waals surface area contributed by atoms with Crippen LogP contribution < -0.4 is 11.6 Å². The van der Waals surface area contributed by atoms with E-state index in [1.54, 1.807) is 0 Å². The molecule has 2 aromatic rings. The number of H-pyrrole nitrogens is 1. The molecule has 6 heteroatoms. The molecule has 20 heavy (non-hydrogen) atoms. The van der Waals surface area contributed by atoms with Crippen molar-refractivity contribution in [2.45, 2.75) is 26.8 Å². The predicted molar refractivity (Wildman–Crippen MR) is 78.7 cm³/mol. The van der Waals surface area contributed by atoms with E-state index >= 15 is 0 Å². The lowest BCUT2D eigenvalue weighted by atomic mass is 10.00.